The fourth-order valence-corrected chi connectivity index (χ4v) is 3.32. The van der Waals surface area contributed by atoms with Crippen LogP contribution < -0.4 is 5.73 Å². The van der Waals surface area contributed by atoms with E-state index in [-0.39, 0.29) is 11.9 Å². The highest BCUT2D eigenvalue weighted by Gasteiger charge is 2.18. The molecule has 0 aliphatic rings. The molecule has 0 radical (unpaired) electrons. The molecule has 132 valence electrons. The smallest absolute Gasteiger partial charge is 0.201 e. The molecule has 0 bridgehead atoms. The number of hydrogen-bond acceptors (Lipinski definition) is 4. The van der Waals surface area contributed by atoms with Gasteiger partial charge in [0, 0.05) is 26.0 Å². The molecule has 0 aliphatic heterocycles. The van der Waals surface area contributed by atoms with Gasteiger partial charge in [-0.1, -0.05) is 30.3 Å². The Labute approximate surface area is 151 Å². The molecule has 3 aromatic heterocycles. The number of hydrogen-bond donors (Lipinski definition) is 2. The number of pyridine rings is 1. The monoisotopic (exact) mass is 347 g/mol. The summed E-state index contributed by atoms with van der Waals surface area (Å²) in [6, 6.07) is 15.8. The van der Waals surface area contributed by atoms with E-state index in [1.165, 1.54) is 5.56 Å². The molecule has 1 aromatic carbocycles. The first kappa shape index (κ1) is 16.4. The summed E-state index contributed by atoms with van der Waals surface area (Å²) in [4.78, 5) is 4.70. The van der Waals surface area contributed by atoms with Crippen molar-refractivity contribution in [2.24, 2.45) is 12.8 Å². The maximum atomic E-state index is 10.7. The molecule has 1 atom stereocenters. The lowest BCUT2D eigenvalue weighted by molar-refractivity contribution is 0.385. The molecular weight excluding hydrogens is 326 g/mol. The van der Waals surface area contributed by atoms with Crippen molar-refractivity contribution >= 4 is 10.9 Å². The molecular formula is C20H21N5O. The van der Waals surface area contributed by atoms with Gasteiger partial charge in [0.05, 0.1) is 28.3 Å². The van der Waals surface area contributed by atoms with E-state index in [1.807, 2.05) is 54.2 Å². The van der Waals surface area contributed by atoms with Gasteiger partial charge in [0.15, 0.2) is 0 Å². The molecule has 0 saturated heterocycles. The first-order valence-electron chi connectivity index (χ1n) is 8.60. The number of nitrogens with two attached hydrogens (primary N) is 1. The summed E-state index contributed by atoms with van der Waals surface area (Å²) in [6.45, 7) is 0.429. The van der Waals surface area contributed by atoms with Gasteiger partial charge in [0.2, 0.25) is 5.88 Å². The van der Waals surface area contributed by atoms with Crippen LogP contribution >= 0.6 is 0 Å². The predicted molar refractivity (Wildman–Crippen MR) is 102 cm³/mol. The SMILES string of the molecule is Cn1nccc1-c1ccc2c(O)n(C(CN)Cc3ccccc3)cc2n1. The van der Waals surface area contributed by atoms with E-state index in [0.29, 0.717) is 6.54 Å². The quantitative estimate of drug-likeness (QED) is 0.582. The Bertz CT molecular complexity index is 1030. The zero-order chi connectivity index (χ0) is 18.1. The van der Waals surface area contributed by atoms with E-state index < -0.39 is 0 Å². The molecule has 4 aromatic rings. The number of aryl methyl sites for hydroxylation is 1. The summed E-state index contributed by atoms with van der Waals surface area (Å²) in [5.74, 6) is 0.204. The molecule has 26 heavy (non-hydrogen) atoms. The first-order chi connectivity index (χ1) is 12.7. The first-order valence-corrected chi connectivity index (χ1v) is 8.60. The van der Waals surface area contributed by atoms with Crippen molar-refractivity contribution < 1.29 is 5.11 Å². The van der Waals surface area contributed by atoms with Crippen molar-refractivity contribution in [3.63, 3.8) is 0 Å². The number of rotatable bonds is 5. The number of aromatic hydroxyl groups is 1. The maximum absolute atomic E-state index is 10.7. The molecule has 1 unspecified atom stereocenters. The second kappa shape index (κ2) is 6.65. The summed E-state index contributed by atoms with van der Waals surface area (Å²) in [5, 5.41) is 15.6. The zero-order valence-corrected chi connectivity index (χ0v) is 14.6. The molecule has 0 aliphatic carbocycles. The van der Waals surface area contributed by atoms with Gasteiger partial charge >= 0.3 is 0 Å². The summed E-state index contributed by atoms with van der Waals surface area (Å²) < 4.78 is 3.61. The highest BCUT2D eigenvalue weighted by atomic mass is 16.3. The average molecular weight is 347 g/mol. The lowest BCUT2D eigenvalue weighted by atomic mass is 10.1. The van der Waals surface area contributed by atoms with E-state index >= 15 is 0 Å². The minimum Gasteiger partial charge on any atom is -0.494 e. The zero-order valence-electron chi connectivity index (χ0n) is 14.6. The van der Waals surface area contributed by atoms with Gasteiger partial charge in [-0.25, -0.2) is 4.98 Å². The molecule has 3 N–H and O–H groups in total. The van der Waals surface area contributed by atoms with Gasteiger partial charge in [-0.05, 0) is 30.2 Å². The molecule has 3 heterocycles. The second-order valence-corrected chi connectivity index (χ2v) is 6.41. The minimum absolute atomic E-state index is 0.0354. The third-order valence-corrected chi connectivity index (χ3v) is 4.73. The number of benzene rings is 1. The predicted octanol–water partition coefficient (Wildman–Crippen LogP) is 2.88. The number of aromatic nitrogens is 4. The Morgan fingerprint density at radius 3 is 2.62 bits per heavy atom. The van der Waals surface area contributed by atoms with Crippen molar-refractivity contribution in [3.8, 4) is 17.3 Å². The van der Waals surface area contributed by atoms with E-state index in [0.717, 1.165) is 28.7 Å². The Hall–Kier alpha value is -3.12. The number of nitrogens with zero attached hydrogens (tertiary/aromatic N) is 4. The van der Waals surface area contributed by atoms with Gasteiger partial charge < -0.3 is 15.4 Å². The van der Waals surface area contributed by atoms with Crippen molar-refractivity contribution in [2.75, 3.05) is 6.54 Å². The van der Waals surface area contributed by atoms with Crippen LogP contribution in [-0.2, 0) is 13.5 Å². The molecule has 0 spiro atoms. The Morgan fingerprint density at radius 2 is 1.92 bits per heavy atom. The largest absolute Gasteiger partial charge is 0.494 e. The van der Waals surface area contributed by atoms with Crippen LogP contribution in [0.4, 0.5) is 0 Å². The van der Waals surface area contributed by atoms with Crippen molar-refractivity contribution in [1.82, 2.24) is 19.3 Å². The molecule has 0 saturated carbocycles. The van der Waals surface area contributed by atoms with Crippen LogP contribution in [0.15, 0.2) is 60.9 Å². The Morgan fingerprint density at radius 1 is 1.12 bits per heavy atom. The van der Waals surface area contributed by atoms with E-state index in [1.54, 1.807) is 10.9 Å². The fourth-order valence-electron chi connectivity index (χ4n) is 3.32. The molecule has 0 fully saturated rings. The van der Waals surface area contributed by atoms with Crippen molar-refractivity contribution in [1.29, 1.82) is 0 Å². The highest BCUT2D eigenvalue weighted by molar-refractivity contribution is 5.86. The topological polar surface area (TPSA) is 81.9 Å². The van der Waals surface area contributed by atoms with Gasteiger partial charge in [0.1, 0.15) is 0 Å². The van der Waals surface area contributed by atoms with Crippen LogP contribution in [0.25, 0.3) is 22.3 Å². The highest BCUT2D eigenvalue weighted by Crippen LogP contribution is 2.31. The van der Waals surface area contributed by atoms with Crippen molar-refractivity contribution in [2.45, 2.75) is 12.5 Å². The average Bonchev–Trinajstić information content (AvgIpc) is 3.24. The summed E-state index contributed by atoms with van der Waals surface area (Å²) >= 11 is 0. The molecule has 6 heteroatoms. The molecule has 0 amide bonds. The van der Waals surface area contributed by atoms with Crippen LogP contribution in [0, 0.1) is 0 Å². The maximum Gasteiger partial charge on any atom is 0.201 e. The van der Waals surface area contributed by atoms with Crippen LogP contribution in [0.1, 0.15) is 11.6 Å². The summed E-state index contributed by atoms with van der Waals surface area (Å²) in [6.07, 6.45) is 4.37. The summed E-state index contributed by atoms with van der Waals surface area (Å²) in [5.41, 5.74) is 9.68. The fraction of sp³-hybridized carbons (Fsp3) is 0.200. The molecule has 4 rings (SSSR count). The second-order valence-electron chi connectivity index (χ2n) is 6.41. The summed E-state index contributed by atoms with van der Waals surface area (Å²) in [7, 11) is 1.88. The van der Waals surface area contributed by atoms with Crippen LogP contribution in [0.2, 0.25) is 0 Å². The minimum atomic E-state index is -0.0354. The van der Waals surface area contributed by atoms with Crippen molar-refractivity contribution in [3.05, 3.63) is 66.5 Å². The van der Waals surface area contributed by atoms with Gasteiger partial charge in [-0.3, -0.25) is 4.68 Å². The normalized spacial score (nSPS) is 12.5. The third kappa shape index (κ3) is 2.84. The standard InChI is InChI=1S/C20H21N5O/c1-24-19(9-10-22-24)17-8-7-16-18(23-17)13-25(20(16)26)15(12-21)11-14-5-3-2-4-6-14/h2-10,13,15,26H,11-12,21H2,1H3. The lowest BCUT2D eigenvalue weighted by Crippen LogP contribution is -2.20. The third-order valence-electron chi connectivity index (χ3n) is 4.73. The van der Waals surface area contributed by atoms with Crippen LogP contribution in [-0.4, -0.2) is 31.0 Å². The van der Waals surface area contributed by atoms with Gasteiger partial charge in [0.25, 0.3) is 0 Å². The Balaban J connectivity index is 1.73. The van der Waals surface area contributed by atoms with E-state index in [4.69, 9.17) is 10.7 Å². The van der Waals surface area contributed by atoms with E-state index in [9.17, 15) is 5.11 Å². The molecule has 6 nitrogen and oxygen atoms in total. The Kier molecular flexibility index (Phi) is 4.18. The van der Waals surface area contributed by atoms with E-state index in [2.05, 4.69) is 17.2 Å². The van der Waals surface area contributed by atoms with Gasteiger partial charge in [-0.15, -0.1) is 0 Å². The lowest BCUT2D eigenvalue weighted by Gasteiger charge is -2.18. The van der Waals surface area contributed by atoms with Crippen LogP contribution in [0.3, 0.4) is 0 Å². The van der Waals surface area contributed by atoms with Crippen LogP contribution in [0.5, 0.6) is 5.88 Å². The van der Waals surface area contributed by atoms with Gasteiger partial charge in [-0.2, -0.15) is 5.10 Å². The number of fused-ring (bicyclic) bond motifs is 1.